The third kappa shape index (κ3) is 4.92. The van der Waals surface area contributed by atoms with E-state index in [1.807, 2.05) is 12.4 Å². The molecule has 0 saturated carbocycles. The maximum absolute atomic E-state index is 4.53. The average Bonchev–Trinajstić information content (AvgIpc) is 3.00. The van der Waals surface area contributed by atoms with Crippen molar-refractivity contribution in [1.29, 1.82) is 0 Å². The third-order valence-corrected chi connectivity index (χ3v) is 5.20. The second-order valence-electron chi connectivity index (χ2n) is 7.17. The molecule has 0 N–H and O–H groups in total. The Morgan fingerprint density at radius 1 is 1.12 bits per heavy atom. The predicted molar refractivity (Wildman–Crippen MR) is 98.9 cm³/mol. The minimum Gasteiger partial charge on any atom is -0.337 e. The first-order valence-corrected chi connectivity index (χ1v) is 9.12. The first kappa shape index (κ1) is 17.2. The summed E-state index contributed by atoms with van der Waals surface area (Å²) in [5.74, 6) is 1.98. The SMILES string of the molecule is CN1CCC(CN(CCc2ccccc2)Cc2nccn2C)CC1. The summed E-state index contributed by atoms with van der Waals surface area (Å²) in [6.45, 7) is 5.71. The molecule has 4 nitrogen and oxygen atoms in total. The zero-order valence-corrected chi connectivity index (χ0v) is 15.1. The van der Waals surface area contributed by atoms with Gasteiger partial charge >= 0.3 is 0 Å². The summed E-state index contributed by atoms with van der Waals surface area (Å²) in [6.07, 6.45) is 7.69. The molecule has 0 amide bonds. The Morgan fingerprint density at radius 3 is 2.54 bits per heavy atom. The molecule has 0 spiro atoms. The lowest BCUT2D eigenvalue weighted by Crippen LogP contribution is -2.38. The molecule has 4 heteroatoms. The maximum Gasteiger partial charge on any atom is 0.122 e. The Kier molecular flexibility index (Phi) is 6.05. The molecule has 0 unspecified atom stereocenters. The van der Waals surface area contributed by atoms with Gasteiger partial charge in [-0.25, -0.2) is 4.98 Å². The Labute approximate surface area is 146 Å². The molecule has 3 rings (SSSR count). The fourth-order valence-electron chi connectivity index (χ4n) is 3.53. The van der Waals surface area contributed by atoms with Crippen LogP contribution in [-0.2, 0) is 20.0 Å². The molecule has 24 heavy (non-hydrogen) atoms. The van der Waals surface area contributed by atoms with Gasteiger partial charge in [0.1, 0.15) is 5.82 Å². The van der Waals surface area contributed by atoms with E-state index in [-0.39, 0.29) is 0 Å². The van der Waals surface area contributed by atoms with Crippen molar-refractivity contribution in [3.8, 4) is 0 Å². The largest absolute Gasteiger partial charge is 0.337 e. The van der Waals surface area contributed by atoms with Crippen LogP contribution in [0.2, 0.25) is 0 Å². The topological polar surface area (TPSA) is 24.3 Å². The van der Waals surface area contributed by atoms with E-state index in [9.17, 15) is 0 Å². The summed E-state index contributed by atoms with van der Waals surface area (Å²) in [5, 5.41) is 0. The number of hydrogen-bond acceptors (Lipinski definition) is 3. The number of aromatic nitrogens is 2. The Balaban J connectivity index is 1.60. The number of rotatable bonds is 7. The Morgan fingerprint density at radius 2 is 1.88 bits per heavy atom. The van der Waals surface area contributed by atoms with Gasteiger partial charge in [-0.2, -0.15) is 0 Å². The van der Waals surface area contributed by atoms with Gasteiger partial charge in [0.2, 0.25) is 0 Å². The van der Waals surface area contributed by atoms with E-state index in [4.69, 9.17) is 0 Å². The third-order valence-electron chi connectivity index (χ3n) is 5.20. The second-order valence-corrected chi connectivity index (χ2v) is 7.17. The van der Waals surface area contributed by atoms with E-state index in [0.29, 0.717) is 0 Å². The van der Waals surface area contributed by atoms with Crippen LogP contribution in [0.5, 0.6) is 0 Å². The minimum atomic E-state index is 0.817. The fraction of sp³-hybridized carbons (Fsp3) is 0.550. The van der Waals surface area contributed by atoms with Crippen molar-refractivity contribution < 1.29 is 0 Å². The summed E-state index contributed by atoms with van der Waals surface area (Å²) in [6, 6.07) is 10.8. The summed E-state index contributed by atoms with van der Waals surface area (Å²) in [4.78, 5) is 9.58. The van der Waals surface area contributed by atoms with Crippen LogP contribution < -0.4 is 0 Å². The number of hydrogen-bond donors (Lipinski definition) is 0. The molecule has 0 aliphatic carbocycles. The number of piperidine rings is 1. The number of benzene rings is 1. The number of nitrogens with zero attached hydrogens (tertiary/aromatic N) is 4. The molecule has 1 aromatic carbocycles. The second kappa shape index (κ2) is 8.45. The van der Waals surface area contributed by atoms with Gasteiger partial charge in [0.15, 0.2) is 0 Å². The van der Waals surface area contributed by atoms with Crippen molar-refractivity contribution in [1.82, 2.24) is 19.4 Å². The van der Waals surface area contributed by atoms with Crippen LogP contribution >= 0.6 is 0 Å². The molecule has 1 aliphatic rings. The van der Waals surface area contributed by atoms with E-state index >= 15 is 0 Å². The molecule has 1 aliphatic heterocycles. The average molecular weight is 326 g/mol. The van der Waals surface area contributed by atoms with E-state index in [0.717, 1.165) is 31.3 Å². The first-order chi connectivity index (χ1) is 11.7. The highest BCUT2D eigenvalue weighted by molar-refractivity contribution is 5.14. The van der Waals surface area contributed by atoms with Gasteiger partial charge in [-0.05, 0) is 50.9 Å². The fourth-order valence-corrected chi connectivity index (χ4v) is 3.53. The van der Waals surface area contributed by atoms with Crippen molar-refractivity contribution in [3.05, 3.63) is 54.1 Å². The van der Waals surface area contributed by atoms with Crippen molar-refractivity contribution >= 4 is 0 Å². The zero-order chi connectivity index (χ0) is 16.8. The van der Waals surface area contributed by atoms with E-state index in [2.05, 4.69) is 63.8 Å². The molecule has 0 atom stereocenters. The molecular weight excluding hydrogens is 296 g/mol. The maximum atomic E-state index is 4.53. The normalized spacial score (nSPS) is 16.8. The molecule has 1 fully saturated rings. The number of likely N-dealkylation sites (tertiary alicyclic amines) is 1. The lowest BCUT2D eigenvalue weighted by Gasteiger charge is -2.33. The van der Waals surface area contributed by atoms with E-state index < -0.39 is 0 Å². The molecule has 130 valence electrons. The number of imidazole rings is 1. The van der Waals surface area contributed by atoms with E-state index in [1.165, 1.54) is 38.0 Å². The molecule has 0 bridgehead atoms. The lowest BCUT2D eigenvalue weighted by atomic mass is 9.96. The quantitative estimate of drug-likeness (QED) is 0.782. The molecule has 2 heterocycles. The minimum absolute atomic E-state index is 0.817. The van der Waals surface area contributed by atoms with Crippen molar-refractivity contribution in [3.63, 3.8) is 0 Å². The van der Waals surface area contributed by atoms with Crippen LogP contribution in [0.3, 0.4) is 0 Å². The van der Waals surface area contributed by atoms with Gasteiger partial charge in [-0.3, -0.25) is 4.90 Å². The molecule has 0 radical (unpaired) electrons. The van der Waals surface area contributed by atoms with Crippen LogP contribution in [0.15, 0.2) is 42.7 Å². The zero-order valence-electron chi connectivity index (χ0n) is 15.1. The van der Waals surface area contributed by atoms with E-state index in [1.54, 1.807) is 0 Å². The van der Waals surface area contributed by atoms with Crippen LogP contribution in [-0.4, -0.2) is 52.6 Å². The van der Waals surface area contributed by atoms with Crippen molar-refractivity contribution in [2.24, 2.45) is 13.0 Å². The molecule has 1 aromatic heterocycles. The smallest absolute Gasteiger partial charge is 0.122 e. The highest BCUT2D eigenvalue weighted by atomic mass is 15.2. The first-order valence-electron chi connectivity index (χ1n) is 9.12. The highest BCUT2D eigenvalue weighted by Gasteiger charge is 2.20. The van der Waals surface area contributed by atoms with Gasteiger partial charge < -0.3 is 9.47 Å². The van der Waals surface area contributed by atoms with Crippen LogP contribution in [0.4, 0.5) is 0 Å². The van der Waals surface area contributed by atoms with Gasteiger partial charge in [0.05, 0.1) is 6.54 Å². The summed E-state index contributed by atoms with van der Waals surface area (Å²) in [5.41, 5.74) is 1.42. The highest BCUT2D eigenvalue weighted by Crippen LogP contribution is 2.18. The summed E-state index contributed by atoms with van der Waals surface area (Å²) < 4.78 is 2.14. The van der Waals surface area contributed by atoms with Gasteiger partial charge in [-0.1, -0.05) is 30.3 Å². The lowest BCUT2D eigenvalue weighted by molar-refractivity contribution is 0.154. The van der Waals surface area contributed by atoms with Crippen molar-refractivity contribution in [2.45, 2.75) is 25.8 Å². The van der Waals surface area contributed by atoms with Crippen LogP contribution in [0.25, 0.3) is 0 Å². The molecular formula is C20H30N4. The summed E-state index contributed by atoms with van der Waals surface area (Å²) in [7, 11) is 4.32. The van der Waals surface area contributed by atoms with Crippen LogP contribution in [0, 0.1) is 5.92 Å². The summed E-state index contributed by atoms with van der Waals surface area (Å²) >= 11 is 0. The van der Waals surface area contributed by atoms with Crippen LogP contribution in [0.1, 0.15) is 24.2 Å². The van der Waals surface area contributed by atoms with Crippen molar-refractivity contribution in [2.75, 3.05) is 33.2 Å². The monoisotopic (exact) mass is 326 g/mol. The van der Waals surface area contributed by atoms with Gasteiger partial charge in [-0.15, -0.1) is 0 Å². The Bertz CT molecular complexity index is 599. The Hall–Kier alpha value is -1.65. The molecule has 1 saturated heterocycles. The van der Waals surface area contributed by atoms with Gasteiger partial charge in [0.25, 0.3) is 0 Å². The standard InChI is InChI=1S/C20H30N4/c1-22-12-8-19(9-13-22)16-24(17-20-21-11-15-23(20)2)14-10-18-6-4-3-5-7-18/h3-7,11,15,19H,8-10,12-14,16-17H2,1-2H3. The predicted octanol–water partition coefficient (Wildman–Crippen LogP) is 2.81. The number of aryl methyl sites for hydroxylation is 1. The van der Waals surface area contributed by atoms with Gasteiger partial charge in [0, 0.05) is 32.5 Å². The molecule has 2 aromatic rings.